The molecule has 5 nitrogen and oxygen atoms in total. The summed E-state index contributed by atoms with van der Waals surface area (Å²) in [6.07, 6.45) is 1.74. The molecule has 0 N–H and O–H groups in total. The summed E-state index contributed by atoms with van der Waals surface area (Å²) in [6, 6.07) is 25.8. The number of amides is 2. The third-order valence-electron chi connectivity index (χ3n) is 5.98. The van der Waals surface area contributed by atoms with Gasteiger partial charge < -0.3 is 9.47 Å². The highest BCUT2D eigenvalue weighted by molar-refractivity contribution is 14.1. The molecular weight excluding hydrogens is 677 g/mol. The van der Waals surface area contributed by atoms with Gasteiger partial charge in [-0.05, 0) is 99.1 Å². The van der Waals surface area contributed by atoms with Crippen molar-refractivity contribution in [1.29, 1.82) is 0 Å². The summed E-state index contributed by atoms with van der Waals surface area (Å²) in [6.45, 7) is 3.00. The summed E-state index contributed by atoms with van der Waals surface area (Å²) in [4.78, 5) is 27.4. The first-order valence-electron chi connectivity index (χ1n) is 12.0. The van der Waals surface area contributed by atoms with Gasteiger partial charge in [0.1, 0.15) is 6.61 Å². The van der Waals surface area contributed by atoms with E-state index in [1.54, 1.807) is 6.08 Å². The minimum Gasteiger partial charge on any atom is -0.490 e. The van der Waals surface area contributed by atoms with Gasteiger partial charge in [-0.3, -0.25) is 14.5 Å². The molecular formula is C30H23BrINO4S. The molecule has 1 saturated heterocycles. The third kappa shape index (κ3) is 5.92. The predicted octanol–water partition coefficient (Wildman–Crippen LogP) is 8.42. The van der Waals surface area contributed by atoms with Gasteiger partial charge in [0.15, 0.2) is 11.5 Å². The number of rotatable bonds is 8. The molecule has 1 fully saturated rings. The molecule has 192 valence electrons. The molecule has 2 amide bonds. The number of nitrogens with zero attached hydrogens (tertiary/aromatic N) is 1. The summed E-state index contributed by atoms with van der Waals surface area (Å²) in [7, 11) is 0. The molecule has 0 saturated carbocycles. The molecule has 0 aliphatic carbocycles. The van der Waals surface area contributed by atoms with E-state index in [2.05, 4.69) is 62.8 Å². The molecule has 1 aliphatic rings. The van der Waals surface area contributed by atoms with E-state index in [9.17, 15) is 9.59 Å². The fourth-order valence-corrected chi connectivity index (χ4v) is 6.31. The van der Waals surface area contributed by atoms with Gasteiger partial charge in [0.25, 0.3) is 11.1 Å². The average molecular weight is 700 g/mol. The monoisotopic (exact) mass is 699 g/mol. The highest BCUT2D eigenvalue weighted by atomic mass is 127. The number of imide groups is 1. The Morgan fingerprint density at radius 1 is 0.974 bits per heavy atom. The van der Waals surface area contributed by atoms with Crippen LogP contribution >= 0.6 is 50.3 Å². The quantitative estimate of drug-likeness (QED) is 0.137. The van der Waals surface area contributed by atoms with Crippen LogP contribution in [0.5, 0.6) is 11.5 Å². The van der Waals surface area contributed by atoms with E-state index in [1.165, 1.54) is 4.90 Å². The Bertz CT molecular complexity index is 1570. The van der Waals surface area contributed by atoms with E-state index in [0.29, 0.717) is 29.6 Å². The predicted molar refractivity (Wildman–Crippen MR) is 164 cm³/mol. The topological polar surface area (TPSA) is 55.8 Å². The Morgan fingerprint density at radius 2 is 1.76 bits per heavy atom. The lowest BCUT2D eigenvalue weighted by molar-refractivity contribution is -0.123. The van der Waals surface area contributed by atoms with E-state index >= 15 is 0 Å². The van der Waals surface area contributed by atoms with Crippen LogP contribution in [0, 0.1) is 3.57 Å². The first-order chi connectivity index (χ1) is 18.4. The minimum absolute atomic E-state index is 0.226. The number of hydrogen-bond acceptors (Lipinski definition) is 5. The Labute approximate surface area is 247 Å². The lowest BCUT2D eigenvalue weighted by atomic mass is 10.1. The van der Waals surface area contributed by atoms with Gasteiger partial charge in [0.2, 0.25) is 0 Å². The molecule has 1 aliphatic heterocycles. The first kappa shape index (κ1) is 26.8. The molecule has 0 atom stereocenters. The molecule has 8 heteroatoms. The molecule has 0 bridgehead atoms. The van der Waals surface area contributed by atoms with Gasteiger partial charge >= 0.3 is 0 Å². The van der Waals surface area contributed by atoms with E-state index in [-0.39, 0.29) is 17.7 Å². The standard InChI is InChI=1S/C30H23BrINO4S/c1-2-36-26-15-20(16-27-29(34)33(30(35)38-27)17-19-7-5-11-23(31)13-19)14-25(32)28(26)37-18-22-10-6-9-21-8-3-4-12-24(21)22/h3-16H,2,17-18H2,1H3/b27-16+. The largest absolute Gasteiger partial charge is 0.490 e. The number of fused-ring (bicyclic) bond motifs is 1. The van der Waals surface area contributed by atoms with Crippen molar-refractivity contribution in [2.24, 2.45) is 0 Å². The molecule has 0 aromatic heterocycles. The minimum atomic E-state index is -0.302. The number of hydrogen-bond donors (Lipinski definition) is 0. The fourth-order valence-electron chi connectivity index (χ4n) is 4.25. The van der Waals surface area contributed by atoms with E-state index in [0.717, 1.165) is 47.3 Å². The second-order valence-electron chi connectivity index (χ2n) is 8.59. The van der Waals surface area contributed by atoms with Crippen LogP contribution in [-0.4, -0.2) is 22.7 Å². The van der Waals surface area contributed by atoms with Crippen LogP contribution in [0.1, 0.15) is 23.6 Å². The number of thioether (sulfide) groups is 1. The van der Waals surface area contributed by atoms with Crippen molar-refractivity contribution in [3.8, 4) is 11.5 Å². The molecule has 4 aromatic carbocycles. The highest BCUT2D eigenvalue weighted by Gasteiger charge is 2.35. The van der Waals surface area contributed by atoms with Gasteiger partial charge in [0, 0.05) is 4.47 Å². The Balaban J connectivity index is 1.38. The van der Waals surface area contributed by atoms with Crippen molar-refractivity contribution in [3.05, 3.63) is 109 Å². The van der Waals surface area contributed by atoms with Crippen molar-refractivity contribution in [2.45, 2.75) is 20.1 Å². The third-order valence-corrected chi connectivity index (χ3v) is 8.19. The number of carbonyl (C=O) groups excluding carboxylic acids is 2. The fraction of sp³-hybridized carbons (Fsp3) is 0.133. The second kappa shape index (κ2) is 11.9. The van der Waals surface area contributed by atoms with Gasteiger partial charge in [-0.25, -0.2) is 0 Å². The maximum atomic E-state index is 13.1. The van der Waals surface area contributed by atoms with Crippen molar-refractivity contribution in [3.63, 3.8) is 0 Å². The number of carbonyl (C=O) groups is 2. The molecule has 5 rings (SSSR count). The van der Waals surface area contributed by atoms with Crippen molar-refractivity contribution < 1.29 is 19.1 Å². The molecule has 0 radical (unpaired) electrons. The molecule has 38 heavy (non-hydrogen) atoms. The van der Waals surface area contributed by atoms with Gasteiger partial charge in [-0.1, -0.05) is 70.5 Å². The molecule has 0 spiro atoms. The maximum Gasteiger partial charge on any atom is 0.293 e. The zero-order valence-electron chi connectivity index (χ0n) is 20.4. The van der Waals surface area contributed by atoms with Crippen LogP contribution in [0.25, 0.3) is 16.8 Å². The first-order valence-corrected chi connectivity index (χ1v) is 14.7. The summed E-state index contributed by atoms with van der Waals surface area (Å²) < 4.78 is 14.0. The van der Waals surface area contributed by atoms with Crippen molar-refractivity contribution in [2.75, 3.05) is 6.61 Å². The Hall–Kier alpha value is -2.82. The summed E-state index contributed by atoms with van der Waals surface area (Å²) >= 11 is 6.61. The van der Waals surface area contributed by atoms with Crippen LogP contribution in [-0.2, 0) is 17.9 Å². The molecule has 4 aromatic rings. The normalized spacial score (nSPS) is 14.5. The zero-order chi connectivity index (χ0) is 26.6. The van der Waals surface area contributed by atoms with Crippen LogP contribution in [0.2, 0.25) is 0 Å². The average Bonchev–Trinajstić information content (AvgIpc) is 3.15. The summed E-state index contributed by atoms with van der Waals surface area (Å²) in [5.41, 5.74) is 2.73. The van der Waals surface area contributed by atoms with Gasteiger partial charge in [-0.2, -0.15) is 0 Å². The van der Waals surface area contributed by atoms with Crippen LogP contribution in [0.3, 0.4) is 0 Å². The maximum absolute atomic E-state index is 13.1. The second-order valence-corrected chi connectivity index (χ2v) is 11.7. The Morgan fingerprint density at radius 3 is 2.58 bits per heavy atom. The van der Waals surface area contributed by atoms with Crippen LogP contribution in [0.4, 0.5) is 4.79 Å². The van der Waals surface area contributed by atoms with E-state index in [1.807, 2.05) is 61.5 Å². The number of ether oxygens (including phenoxy) is 2. The number of halogens is 2. The summed E-state index contributed by atoms with van der Waals surface area (Å²) in [5, 5.41) is 2.03. The van der Waals surface area contributed by atoms with Gasteiger partial charge in [-0.15, -0.1) is 0 Å². The lowest BCUT2D eigenvalue weighted by Gasteiger charge is -2.16. The van der Waals surface area contributed by atoms with Crippen molar-refractivity contribution in [1.82, 2.24) is 4.90 Å². The summed E-state index contributed by atoms with van der Waals surface area (Å²) in [5.74, 6) is 0.948. The molecule has 0 unspecified atom stereocenters. The molecule has 1 heterocycles. The van der Waals surface area contributed by atoms with E-state index < -0.39 is 0 Å². The highest BCUT2D eigenvalue weighted by Crippen LogP contribution is 2.38. The number of benzene rings is 4. The smallest absolute Gasteiger partial charge is 0.293 e. The van der Waals surface area contributed by atoms with Crippen LogP contribution < -0.4 is 9.47 Å². The zero-order valence-corrected chi connectivity index (χ0v) is 25.0. The SMILES string of the molecule is CCOc1cc(/C=C2/SC(=O)N(Cc3cccc(Br)c3)C2=O)cc(I)c1OCc1cccc2ccccc12. The van der Waals surface area contributed by atoms with Crippen molar-refractivity contribution >= 4 is 78.3 Å². The van der Waals surface area contributed by atoms with E-state index in [4.69, 9.17) is 9.47 Å². The lowest BCUT2D eigenvalue weighted by Crippen LogP contribution is -2.27. The van der Waals surface area contributed by atoms with Crippen LogP contribution in [0.15, 0.2) is 88.2 Å². The Kier molecular flexibility index (Phi) is 8.40. The van der Waals surface area contributed by atoms with Gasteiger partial charge in [0.05, 0.1) is 21.6 Å².